The molecule has 2 fully saturated rings. The van der Waals surface area contributed by atoms with Gasteiger partial charge in [0.05, 0.1) is 26.0 Å². The highest BCUT2D eigenvalue weighted by Crippen LogP contribution is 2.42. The molecule has 106 valence electrons. The average Bonchev–Trinajstić information content (AvgIpc) is 3.19. The molecular weight excluding hydrogens is 256 g/mol. The standard InChI is InChI=1S/C15H18N2O3/c1-19-15(18)12-6-9-7-20-8-13(9)16-14(12)17-10-2-3-11(17)5-4-10/h6,10-11H,2-5,7-8H2,1H3. The van der Waals surface area contributed by atoms with E-state index in [9.17, 15) is 4.79 Å². The normalized spacial score (nSPS) is 26.9. The van der Waals surface area contributed by atoms with Crippen molar-refractivity contribution >= 4 is 11.8 Å². The van der Waals surface area contributed by atoms with E-state index in [4.69, 9.17) is 14.5 Å². The van der Waals surface area contributed by atoms with Gasteiger partial charge in [0.1, 0.15) is 11.4 Å². The van der Waals surface area contributed by atoms with Crippen LogP contribution in [0.4, 0.5) is 5.82 Å². The SMILES string of the molecule is COC(=O)c1cc2c(nc1N1C3CCC1CC3)COC2. The number of pyridine rings is 1. The van der Waals surface area contributed by atoms with Gasteiger partial charge in [0.2, 0.25) is 0 Å². The Morgan fingerprint density at radius 3 is 2.65 bits per heavy atom. The maximum atomic E-state index is 12.1. The van der Waals surface area contributed by atoms with Crippen molar-refractivity contribution in [1.29, 1.82) is 0 Å². The summed E-state index contributed by atoms with van der Waals surface area (Å²) in [5.74, 6) is 0.514. The van der Waals surface area contributed by atoms with E-state index in [-0.39, 0.29) is 5.97 Å². The monoisotopic (exact) mass is 274 g/mol. The highest BCUT2D eigenvalue weighted by atomic mass is 16.5. The van der Waals surface area contributed by atoms with E-state index in [0.29, 0.717) is 30.9 Å². The molecule has 0 saturated carbocycles. The minimum atomic E-state index is -0.298. The molecule has 0 spiro atoms. The van der Waals surface area contributed by atoms with Gasteiger partial charge in [0.15, 0.2) is 0 Å². The third-order valence-corrected chi connectivity index (χ3v) is 4.77. The van der Waals surface area contributed by atoms with Gasteiger partial charge in [-0.25, -0.2) is 9.78 Å². The summed E-state index contributed by atoms with van der Waals surface area (Å²) in [5, 5.41) is 0. The predicted octanol–water partition coefficient (Wildman–Crippen LogP) is 2.03. The second-order valence-corrected chi connectivity index (χ2v) is 5.82. The fourth-order valence-electron chi connectivity index (χ4n) is 3.81. The molecule has 1 aromatic rings. The van der Waals surface area contributed by atoms with E-state index >= 15 is 0 Å². The highest BCUT2D eigenvalue weighted by Gasteiger charge is 2.42. The number of hydrogen-bond acceptors (Lipinski definition) is 5. The number of anilines is 1. The Labute approximate surface area is 117 Å². The number of carbonyl (C=O) groups excluding carboxylic acids is 1. The smallest absolute Gasteiger partial charge is 0.341 e. The molecule has 0 amide bonds. The van der Waals surface area contributed by atoms with Crippen molar-refractivity contribution in [2.45, 2.75) is 51.0 Å². The van der Waals surface area contributed by atoms with Crippen LogP contribution in [0, 0.1) is 0 Å². The Balaban J connectivity index is 1.83. The molecule has 5 heteroatoms. The Morgan fingerprint density at radius 2 is 2.00 bits per heavy atom. The second kappa shape index (κ2) is 4.45. The van der Waals surface area contributed by atoms with Crippen LogP contribution in [0.3, 0.4) is 0 Å². The fraction of sp³-hybridized carbons (Fsp3) is 0.600. The zero-order chi connectivity index (χ0) is 13.7. The molecule has 0 aromatic carbocycles. The molecular formula is C15H18N2O3. The van der Waals surface area contributed by atoms with Crippen LogP contribution in [0.5, 0.6) is 0 Å². The van der Waals surface area contributed by atoms with Gasteiger partial charge in [-0.15, -0.1) is 0 Å². The first-order valence-electron chi connectivity index (χ1n) is 7.25. The van der Waals surface area contributed by atoms with Gasteiger partial charge in [-0.2, -0.15) is 0 Å². The largest absolute Gasteiger partial charge is 0.465 e. The molecule has 0 radical (unpaired) electrons. The minimum Gasteiger partial charge on any atom is -0.465 e. The van der Waals surface area contributed by atoms with Crippen molar-refractivity contribution in [3.8, 4) is 0 Å². The summed E-state index contributed by atoms with van der Waals surface area (Å²) in [5.41, 5.74) is 2.58. The van der Waals surface area contributed by atoms with E-state index < -0.39 is 0 Å². The average molecular weight is 274 g/mol. The van der Waals surface area contributed by atoms with Crippen molar-refractivity contribution in [3.05, 3.63) is 22.9 Å². The summed E-state index contributed by atoms with van der Waals surface area (Å²) in [6.07, 6.45) is 4.84. The summed E-state index contributed by atoms with van der Waals surface area (Å²) < 4.78 is 10.4. The van der Waals surface area contributed by atoms with E-state index in [1.54, 1.807) is 0 Å². The van der Waals surface area contributed by atoms with Crippen molar-refractivity contribution in [3.63, 3.8) is 0 Å². The van der Waals surface area contributed by atoms with Crippen LogP contribution in [-0.2, 0) is 22.7 Å². The van der Waals surface area contributed by atoms with Crippen molar-refractivity contribution in [1.82, 2.24) is 4.98 Å². The molecule has 2 bridgehead atoms. The molecule has 20 heavy (non-hydrogen) atoms. The number of esters is 1. The fourth-order valence-corrected chi connectivity index (χ4v) is 3.81. The van der Waals surface area contributed by atoms with Gasteiger partial charge in [-0.3, -0.25) is 0 Å². The zero-order valence-corrected chi connectivity index (χ0v) is 11.6. The minimum absolute atomic E-state index is 0.298. The first-order chi connectivity index (χ1) is 9.78. The van der Waals surface area contributed by atoms with Crippen LogP contribution >= 0.6 is 0 Å². The molecule has 4 rings (SSSR count). The van der Waals surface area contributed by atoms with Crippen molar-refractivity contribution < 1.29 is 14.3 Å². The lowest BCUT2D eigenvalue weighted by molar-refractivity contribution is 0.0601. The number of rotatable bonds is 2. The van der Waals surface area contributed by atoms with Crippen LogP contribution in [0.25, 0.3) is 0 Å². The molecule has 2 saturated heterocycles. The van der Waals surface area contributed by atoms with E-state index in [0.717, 1.165) is 17.1 Å². The zero-order valence-electron chi connectivity index (χ0n) is 11.6. The second-order valence-electron chi connectivity index (χ2n) is 5.82. The first-order valence-corrected chi connectivity index (χ1v) is 7.25. The number of ether oxygens (including phenoxy) is 2. The number of hydrogen-bond donors (Lipinski definition) is 0. The van der Waals surface area contributed by atoms with Gasteiger partial charge in [-0.05, 0) is 31.7 Å². The molecule has 0 unspecified atom stereocenters. The van der Waals surface area contributed by atoms with Gasteiger partial charge in [-0.1, -0.05) is 0 Å². The summed E-state index contributed by atoms with van der Waals surface area (Å²) in [6, 6.07) is 2.99. The highest BCUT2D eigenvalue weighted by molar-refractivity contribution is 5.95. The van der Waals surface area contributed by atoms with Gasteiger partial charge >= 0.3 is 5.97 Å². The number of carbonyl (C=O) groups is 1. The summed E-state index contributed by atoms with van der Waals surface area (Å²) in [6.45, 7) is 1.09. The summed E-state index contributed by atoms with van der Waals surface area (Å²) in [4.78, 5) is 19.2. The maximum absolute atomic E-state index is 12.1. The van der Waals surface area contributed by atoms with E-state index in [1.165, 1.54) is 32.8 Å². The molecule has 0 N–H and O–H groups in total. The number of methoxy groups -OCH3 is 1. The first kappa shape index (κ1) is 12.1. The van der Waals surface area contributed by atoms with Crippen molar-refractivity contribution in [2.75, 3.05) is 12.0 Å². The van der Waals surface area contributed by atoms with Crippen LogP contribution in [0.1, 0.15) is 47.3 Å². The molecule has 0 aliphatic carbocycles. The molecule has 0 atom stereocenters. The number of nitrogens with zero attached hydrogens (tertiary/aromatic N) is 2. The third-order valence-electron chi connectivity index (χ3n) is 4.77. The lowest BCUT2D eigenvalue weighted by Gasteiger charge is -2.25. The van der Waals surface area contributed by atoms with Gasteiger partial charge in [0, 0.05) is 17.6 Å². The quantitative estimate of drug-likeness (QED) is 0.772. The van der Waals surface area contributed by atoms with Gasteiger partial charge in [0.25, 0.3) is 0 Å². The Bertz CT molecular complexity index is 552. The summed E-state index contributed by atoms with van der Waals surface area (Å²) in [7, 11) is 1.43. The molecule has 3 aliphatic rings. The molecule has 3 aliphatic heterocycles. The summed E-state index contributed by atoms with van der Waals surface area (Å²) >= 11 is 0. The predicted molar refractivity (Wildman–Crippen MR) is 72.6 cm³/mol. The van der Waals surface area contributed by atoms with Crippen molar-refractivity contribution in [2.24, 2.45) is 0 Å². The van der Waals surface area contributed by atoms with E-state index in [1.807, 2.05) is 6.07 Å². The number of fused-ring (bicyclic) bond motifs is 3. The van der Waals surface area contributed by atoms with Crippen LogP contribution in [0.2, 0.25) is 0 Å². The van der Waals surface area contributed by atoms with Gasteiger partial charge < -0.3 is 14.4 Å². The maximum Gasteiger partial charge on any atom is 0.341 e. The number of aromatic nitrogens is 1. The molecule has 1 aromatic heterocycles. The van der Waals surface area contributed by atoms with E-state index in [2.05, 4.69) is 4.90 Å². The topological polar surface area (TPSA) is 51.7 Å². The van der Waals surface area contributed by atoms with Crippen LogP contribution < -0.4 is 4.90 Å². The Hall–Kier alpha value is -1.62. The lowest BCUT2D eigenvalue weighted by Crippen LogP contribution is -2.31. The molecule has 4 heterocycles. The third kappa shape index (κ3) is 1.66. The Morgan fingerprint density at radius 1 is 1.30 bits per heavy atom. The van der Waals surface area contributed by atoms with Crippen LogP contribution in [0.15, 0.2) is 6.07 Å². The Kier molecular flexibility index (Phi) is 2.70. The lowest BCUT2D eigenvalue weighted by atomic mass is 10.0. The van der Waals surface area contributed by atoms with Crippen LogP contribution in [-0.4, -0.2) is 30.1 Å². The molecule has 5 nitrogen and oxygen atoms in total.